The number of nitrogens with zero attached hydrogens (tertiary/aromatic N) is 3. The van der Waals surface area contributed by atoms with Crippen LogP contribution in [0.1, 0.15) is 16.8 Å². The highest BCUT2D eigenvalue weighted by Crippen LogP contribution is 2.27. The van der Waals surface area contributed by atoms with Crippen molar-refractivity contribution in [3.8, 4) is 5.88 Å². The van der Waals surface area contributed by atoms with E-state index in [0.717, 1.165) is 13.0 Å². The molecule has 102 valence electrons. The Morgan fingerprint density at radius 2 is 2.26 bits per heavy atom. The number of aromatic nitrogens is 2. The molecule has 0 bridgehead atoms. The summed E-state index contributed by atoms with van der Waals surface area (Å²) in [4.78, 5) is 25.1. The van der Waals surface area contributed by atoms with Crippen LogP contribution in [0.4, 0.5) is 0 Å². The van der Waals surface area contributed by atoms with E-state index in [4.69, 9.17) is 4.74 Å². The second kappa shape index (κ2) is 4.56. The monoisotopic (exact) mass is 265 g/mol. The quantitative estimate of drug-likeness (QED) is 0.699. The van der Waals surface area contributed by atoms with E-state index in [-0.39, 0.29) is 17.8 Å². The van der Waals surface area contributed by atoms with E-state index in [1.165, 1.54) is 13.3 Å². The Balaban J connectivity index is 1.69. The third-order valence-corrected chi connectivity index (χ3v) is 3.48. The van der Waals surface area contributed by atoms with Crippen molar-refractivity contribution in [3.63, 3.8) is 0 Å². The molecule has 3 rings (SSSR count). The minimum atomic E-state index is -0.266. The first kappa shape index (κ1) is 12.0. The molecule has 7 heteroatoms. The number of esters is 1. The maximum absolute atomic E-state index is 12.3. The van der Waals surface area contributed by atoms with Crippen LogP contribution in [0.15, 0.2) is 6.20 Å². The van der Waals surface area contributed by atoms with Gasteiger partial charge in [-0.3, -0.25) is 9.59 Å². The van der Waals surface area contributed by atoms with Gasteiger partial charge in [-0.25, -0.2) is 4.68 Å². The third-order valence-electron chi connectivity index (χ3n) is 3.48. The van der Waals surface area contributed by atoms with Crippen LogP contribution in [-0.4, -0.2) is 53.4 Å². The van der Waals surface area contributed by atoms with E-state index in [2.05, 4.69) is 9.84 Å². The number of likely N-dealkylation sites (tertiary alicyclic amines) is 1. The van der Waals surface area contributed by atoms with Gasteiger partial charge in [0.25, 0.3) is 5.91 Å². The molecular formula is C12H15N3O4. The average Bonchev–Trinajstić information content (AvgIpc) is 2.80. The van der Waals surface area contributed by atoms with Gasteiger partial charge >= 0.3 is 5.97 Å². The number of carbonyl (C=O) groups is 2. The van der Waals surface area contributed by atoms with Crippen LogP contribution < -0.4 is 4.74 Å². The number of carbonyl (C=O) groups excluding carboxylic acids is 2. The van der Waals surface area contributed by atoms with Gasteiger partial charge in [-0.1, -0.05) is 0 Å². The topological polar surface area (TPSA) is 73.7 Å². The number of fused-ring (bicyclic) bond motifs is 1. The van der Waals surface area contributed by atoms with E-state index < -0.39 is 0 Å². The summed E-state index contributed by atoms with van der Waals surface area (Å²) in [6, 6.07) is 0. The molecule has 0 spiro atoms. The van der Waals surface area contributed by atoms with Crippen molar-refractivity contribution in [1.29, 1.82) is 0 Å². The van der Waals surface area contributed by atoms with Crippen LogP contribution >= 0.6 is 0 Å². The second-order valence-corrected chi connectivity index (χ2v) is 4.72. The lowest BCUT2D eigenvalue weighted by molar-refractivity contribution is -0.149. The fourth-order valence-corrected chi connectivity index (χ4v) is 2.35. The third kappa shape index (κ3) is 1.94. The molecule has 1 saturated heterocycles. The van der Waals surface area contributed by atoms with Crippen molar-refractivity contribution >= 4 is 11.9 Å². The number of hydrogen-bond donors (Lipinski definition) is 0. The van der Waals surface area contributed by atoms with Gasteiger partial charge in [0.2, 0.25) is 5.88 Å². The zero-order valence-corrected chi connectivity index (χ0v) is 10.7. The Kier molecular flexibility index (Phi) is 2.88. The second-order valence-electron chi connectivity index (χ2n) is 4.72. The summed E-state index contributed by atoms with van der Waals surface area (Å²) in [5, 5.41) is 4.14. The smallest absolute Gasteiger partial charge is 0.312 e. The van der Waals surface area contributed by atoms with Crippen LogP contribution in [0, 0.1) is 5.92 Å². The standard InChI is InChI=1S/C12H15N3O4/c1-18-12(17)8-6-14(7-8)10(16)9-5-13-15-3-2-4-19-11(9)15/h5,8H,2-4,6-7H2,1H3. The first-order chi connectivity index (χ1) is 9.20. The normalized spacial score (nSPS) is 18.3. The van der Waals surface area contributed by atoms with Crippen LogP contribution in [-0.2, 0) is 16.1 Å². The molecule has 2 aliphatic rings. The highest BCUT2D eigenvalue weighted by molar-refractivity contribution is 5.97. The SMILES string of the molecule is COC(=O)C1CN(C(=O)c2cnn3c2OCCC3)C1. The van der Waals surface area contributed by atoms with Crippen LogP contribution in [0.25, 0.3) is 0 Å². The Labute approximate surface area is 110 Å². The molecule has 0 atom stereocenters. The van der Waals surface area contributed by atoms with Crippen molar-refractivity contribution in [1.82, 2.24) is 14.7 Å². The lowest BCUT2D eigenvalue weighted by Gasteiger charge is -2.37. The van der Waals surface area contributed by atoms with E-state index in [1.807, 2.05) is 0 Å². The molecule has 2 aliphatic heterocycles. The van der Waals surface area contributed by atoms with Crippen molar-refractivity contribution in [2.75, 3.05) is 26.8 Å². The fraction of sp³-hybridized carbons (Fsp3) is 0.583. The molecule has 0 aliphatic carbocycles. The first-order valence-corrected chi connectivity index (χ1v) is 6.26. The van der Waals surface area contributed by atoms with Gasteiger partial charge in [-0.2, -0.15) is 5.10 Å². The Morgan fingerprint density at radius 3 is 3.00 bits per heavy atom. The molecule has 0 aromatic carbocycles. The fourth-order valence-electron chi connectivity index (χ4n) is 2.35. The molecule has 1 aromatic heterocycles. The number of amides is 1. The molecule has 0 radical (unpaired) electrons. The van der Waals surface area contributed by atoms with E-state index in [0.29, 0.717) is 31.1 Å². The zero-order chi connectivity index (χ0) is 13.4. The summed E-state index contributed by atoms with van der Waals surface area (Å²) < 4.78 is 11.8. The van der Waals surface area contributed by atoms with E-state index in [9.17, 15) is 9.59 Å². The summed E-state index contributed by atoms with van der Waals surface area (Å²) >= 11 is 0. The Hall–Kier alpha value is -2.05. The predicted molar refractivity (Wildman–Crippen MR) is 63.7 cm³/mol. The lowest BCUT2D eigenvalue weighted by Crippen LogP contribution is -2.53. The van der Waals surface area contributed by atoms with Crippen molar-refractivity contribution in [2.45, 2.75) is 13.0 Å². The first-order valence-electron chi connectivity index (χ1n) is 6.26. The minimum Gasteiger partial charge on any atom is -0.477 e. The summed E-state index contributed by atoms with van der Waals surface area (Å²) in [6.45, 7) is 2.18. The average molecular weight is 265 g/mol. The summed E-state index contributed by atoms with van der Waals surface area (Å²) in [6.07, 6.45) is 2.44. The Bertz CT molecular complexity index is 519. The molecule has 3 heterocycles. The van der Waals surface area contributed by atoms with Gasteiger partial charge in [0.15, 0.2) is 0 Å². The van der Waals surface area contributed by atoms with E-state index in [1.54, 1.807) is 9.58 Å². The molecule has 0 unspecified atom stereocenters. The van der Waals surface area contributed by atoms with Gasteiger partial charge < -0.3 is 14.4 Å². The summed E-state index contributed by atoms with van der Waals surface area (Å²) in [7, 11) is 1.36. The molecule has 0 saturated carbocycles. The number of ether oxygens (including phenoxy) is 2. The molecule has 1 amide bonds. The van der Waals surface area contributed by atoms with Gasteiger partial charge in [0, 0.05) is 26.1 Å². The predicted octanol–water partition coefficient (Wildman–Crippen LogP) is -0.0894. The largest absolute Gasteiger partial charge is 0.477 e. The lowest BCUT2D eigenvalue weighted by atomic mass is 9.99. The highest BCUT2D eigenvalue weighted by Gasteiger charge is 2.38. The van der Waals surface area contributed by atoms with Crippen LogP contribution in [0.3, 0.4) is 0 Å². The molecule has 1 fully saturated rings. The summed E-state index contributed by atoms with van der Waals surface area (Å²) in [5.41, 5.74) is 0.475. The number of rotatable bonds is 2. The van der Waals surface area contributed by atoms with Gasteiger partial charge in [-0.15, -0.1) is 0 Å². The molecule has 19 heavy (non-hydrogen) atoms. The molecule has 7 nitrogen and oxygen atoms in total. The molecule has 1 aromatic rings. The van der Waals surface area contributed by atoms with Crippen molar-refractivity contribution in [2.24, 2.45) is 5.92 Å². The van der Waals surface area contributed by atoms with Gasteiger partial charge in [0.05, 0.1) is 25.8 Å². The van der Waals surface area contributed by atoms with Gasteiger partial charge in [-0.05, 0) is 0 Å². The number of aryl methyl sites for hydroxylation is 1. The zero-order valence-electron chi connectivity index (χ0n) is 10.7. The maximum Gasteiger partial charge on any atom is 0.312 e. The molecular weight excluding hydrogens is 250 g/mol. The van der Waals surface area contributed by atoms with Crippen LogP contribution in [0.2, 0.25) is 0 Å². The highest BCUT2D eigenvalue weighted by atomic mass is 16.5. The maximum atomic E-state index is 12.3. The minimum absolute atomic E-state index is 0.136. The Morgan fingerprint density at radius 1 is 1.47 bits per heavy atom. The number of methoxy groups -OCH3 is 1. The van der Waals surface area contributed by atoms with Crippen molar-refractivity contribution in [3.05, 3.63) is 11.8 Å². The molecule has 0 N–H and O–H groups in total. The number of hydrogen-bond acceptors (Lipinski definition) is 5. The van der Waals surface area contributed by atoms with Crippen molar-refractivity contribution < 1.29 is 19.1 Å². The van der Waals surface area contributed by atoms with Crippen LogP contribution in [0.5, 0.6) is 5.88 Å². The summed E-state index contributed by atoms with van der Waals surface area (Å²) in [5.74, 6) is -0.0697. The van der Waals surface area contributed by atoms with E-state index >= 15 is 0 Å². The van der Waals surface area contributed by atoms with Gasteiger partial charge in [0.1, 0.15) is 5.56 Å².